The molecule has 0 spiro atoms. The molecule has 2 unspecified atom stereocenters. The third kappa shape index (κ3) is 8.11. The molecule has 0 heterocycles. The van der Waals surface area contributed by atoms with Crippen LogP contribution in [0.2, 0.25) is 0 Å². The summed E-state index contributed by atoms with van der Waals surface area (Å²) in [5.74, 6) is -1.40. The van der Waals surface area contributed by atoms with Gasteiger partial charge in [0.1, 0.15) is 5.92 Å². The van der Waals surface area contributed by atoms with Crippen molar-refractivity contribution in [2.24, 2.45) is 5.92 Å². The highest BCUT2D eigenvalue weighted by atomic mass is 32.2. The SMILES string of the molecule is CCOC(=O)C(Cc1ccccc1)C(=O)NC(CSC(C)=O)Cc1ccccc1. The lowest BCUT2D eigenvalue weighted by molar-refractivity contribution is -0.152. The fourth-order valence-corrected chi connectivity index (χ4v) is 3.58. The first-order chi connectivity index (χ1) is 14.0. The second kappa shape index (κ2) is 12.1. The predicted octanol–water partition coefficient (Wildman–Crippen LogP) is 3.42. The molecule has 2 aromatic carbocycles. The summed E-state index contributed by atoms with van der Waals surface area (Å²) in [5.41, 5.74) is 1.94. The van der Waals surface area contributed by atoms with Gasteiger partial charge in [-0.1, -0.05) is 72.4 Å². The largest absolute Gasteiger partial charge is 0.465 e. The van der Waals surface area contributed by atoms with Gasteiger partial charge in [-0.2, -0.15) is 0 Å². The smallest absolute Gasteiger partial charge is 0.318 e. The van der Waals surface area contributed by atoms with Crippen molar-refractivity contribution >= 4 is 28.8 Å². The molecule has 0 saturated carbocycles. The molecular weight excluding hydrogens is 386 g/mol. The molecule has 2 rings (SSSR count). The van der Waals surface area contributed by atoms with Crippen molar-refractivity contribution < 1.29 is 19.1 Å². The van der Waals surface area contributed by atoms with E-state index < -0.39 is 11.9 Å². The van der Waals surface area contributed by atoms with E-state index in [0.717, 1.165) is 11.1 Å². The van der Waals surface area contributed by atoms with E-state index in [4.69, 9.17) is 4.74 Å². The molecular formula is C23H27NO4S. The molecule has 0 aliphatic carbocycles. The van der Waals surface area contributed by atoms with E-state index in [0.29, 0.717) is 12.2 Å². The highest BCUT2D eigenvalue weighted by Crippen LogP contribution is 2.14. The number of thioether (sulfide) groups is 1. The Kier molecular flexibility index (Phi) is 9.44. The zero-order valence-corrected chi connectivity index (χ0v) is 17.6. The van der Waals surface area contributed by atoms with Gasteiger partial charge < -0.3 is 10.1 Å². The van der Waals surface area contributed by atoms with Gasteiger partial charge >= 0.3 is 5.97 Å². The van der Waals surface area contributed by atoms with E-state index in [9.17, 15) is 14.4 Å². The van der Waals surface area contributed by atoms with Crippen LogP contribution >= 0.6 is 11.8 Å². The maximum absolute atomic E-state index is 13.0. The molecule has 2 aromatic rings. The fraction of sp³-hybridized carbons (Fsp3) is 0.348. The lowest BCUT2D eigenvalue weighted by atomic mass is 9.97. The Morgan fingerprint density at radius 1 is 0.931 bits per heavy atom. The van der Waals surface area contributed by atoms with E-state index in [2.05, 4.69) is 5.32 Å². The van der Waals surface area contributed by atoms with E-state index in [1.807, 2.05) is 60.7 Å². The zero-order valence-electron chi connectivity index (χ0n) is 16.8. The van der Waals surface area contributed by atoms with E-state index in [1.165, 1.54) is 18.7 Å². The summed E-state index contributed by atoms with van der Waals surface area (Å²) in [7, 11) is 0. The van der Waals surface area contributed by atoms with Gasteiger partial charge in [0.05, 0.1) is 6.61 Å². The van der Waals surface area contributed by atoms with Crippen LogP contribution < -0.4 is 5.32 Å². The highest BCUT2D eigenvalue weighted by Gasteiger charge is 2.30. The fourth-order valence-electron chi connectivity index (χ4n) is 2.95. The van der Waals surface area contributed by atoms with Gasteiger partial charge in [-0.3, -0.25) is 14.4 Å². The third-order valence-corrected chi connectivity index (χ3v) is 5.30. The van der Waals surface area contributed by atoms with Crippen LogP contribution in [0.25, 0.3) is 0 Å². The average molecular weight is 414 g/mol. The van der Waals surface area contributed by atoms with Crippen LogP contribution in [0.1, 0.15) is 25.0 Å². The van der Waals surface area contributed by atoms with Gasteiger partial charge in [0.25, 0.3) is 0 Å². The average Bonchev–Trinajstić information content (AvgIpc) is 2.71. The Balaban J connectivity index is 2.14. The molecule has 0 bridgehead atoms. The van der Waals surface area contributed by atoms with Crippen LogP contribution in [0.4, 0.5) is 0 Å². The van der Waals surface area contributed by atoms with Crippen molar-refractivity contribution in [1.29, 1.82) is 0 Å². The number of carbonyl (C=O) groups is 3. The maximum atomic E-state index is 13.0. The quantitative estimate of drug-likeness (QED) is 0.477. The van der Waals surface area contributed by atoms with Gasteiger partial charge in [-0.15, -0.1) is 0 Å². The third-order valence-electron chi connectivity index (χ3n) is 4.33. The predicted molar refractivity (Wildman–Crippen MR) is 115 cm³/mol. The number of hydrogen-bond donors (Lipinski definition) is 1. The van der Waals surface area contributed by atoms with Gasteiger partial charge in [-0.25, -0.2) is 0 Å². The molecule has 0 aliphatic rings. The summed E-state index contributed by atoms with van der Waals surface area (Å²) in [6.45, 7) is 3.44. The molecule has 5 nitrogen and oxygen atoms in total. The Morgan fingerprint density at radius 2 is 1.48 bits per heavy atom. The second-order valence-corrected chi connectivity index (χ2v) is 7.89. The number of hydrogen-bond acceptors (Lipinski definition) is 5. The molecule has 29 heavy (non-hydrogen) atoms. The first-order valence-electron chi connectivity index (χ1n) is 9.67. The summed E-state index contributed by atoms with van der Waals surface area (Å²) < 4.78 is 5.14. The number of ether oxygens (including phenoxy) is 1. The monoisotopic (exact) mass is 413 g/mol. The standard InChI is InChI=1S/C23H27NO4S/c1-3-28-23(27)21(15-19-12-8-5-9-13-19)22(26)24-20(16-29-17(2)25)14-18-10-6-4-7-11-18/h4-13,20-21H,3,14-16H2,1-2H3,(H,24,26). The van der Waals surface area contributed by atoms with Gasteiger partial charge in [0.2, 0.25) is 5.91 Å². The van der Waals surface area contributed by atoms with Crippen molar-refractivity contribution in [2.75, 3.05) is 12.4 Å². The van der Waals surface area contributed by atoms with Crippen molar-refractivity contribution in [3.05, 3.63) is 71.8 Å². The van der Waals surface area contributed by atoms with Crippen LogP contribution in [0.15, 0.2) is 60.7 Å². The zero-order chi connectivity index (χ0) is 21.1. The van der Waals surface area contributed by atoms with Crippen LogP contribution in [0.3, 0.4) is 0 Å². The number of nitrogens with one attached hydrogen (secondary N) is 1. The molecule has 0 aromatic heterocycles. The van der Waals surface area contributed by atoms with Crippen molar-refractivity contribution in [3.63, 3.8) is 0 Å². The van der Waals surface area contributed by atoms with Crippen LogP contribution in [-0.4, -0.2) is 35.4 Å². The minimum atomic E-state index is -0.932. The molecule has 0 saturated heterocycles. The molecule has 0 radical (unpaired) electrons. The van der Waals surface area contributed by atoms with Crippen molar-refractivity contribution in [3.8, 4) is 0 Å². The van der Waals surface area contributed by atoms with E-state index in [1.54, 1.807) is 6.92 Å². The molecule has 1 N–H and O–H groups in total. The summed E-state index contributed by atoms with van der Waals surface area (Å²) in [4.78, 5) is 36.9. The summed E-state index contributed by atoms with van der Waals surface area (Å²) >= 11 is 1.17. The molecule has 2 atom stereocenters. The lowest BCUT2D eigenvalue weighted by Gasteiger charge is -2.22. The minimum Gasteiger partial charge on any atom is -0.465 e. The molecule has 0 fully saturated rings. The lowest BCUT2D eigenvalue weighted by Crippen LogP contribution is -2.45. The van der Waals surface area contributed by atoms with Gasteiger partial charge in [-0.05, 0) is 30.9 Å². The van der Waals surface area contributed by atoms with Crippen LogP contribution in [0, 0.1) is 5.92 Å². The van der Waals surface area contributed by atoms with Crippen LogP contribution in [-0.2, 0) is 32.0 Å². The van der Waals surface area contributed by atoms with E-state index >= 15 is 0 Å². The number of esters is 1. The van der Waals surface area contributed by atoms with Crippen LogP contribution in [0.5, 0.6) is 0 Å². The Labute approximate surface area is 176 Å². The minimum absolute atomic E-state index is 0.0106. The Bertz CT molecular complexity index is 795. The molecule has 1 amide bonds. The summed E-state index contributed by atoms with van der Waals surface area (Å²) in [5, 5.41) is 2.96. The maximum Gasteiger partial charge on any atom is 0.318 e. The first kappa shape index (κ1) is 22.7. The number of carbonyl (C=O) groups excluding carboxylic acids is 3. The summed E-state index contributed by atoms with van der Waals surface area (Å²) in [6.07, 6.45) is 0.844. The van der Waals surface area contributed by atoms with Gasteiger partial charge in [0, 0.05) is 18.7 Å². The summed E-state index contributed by atoms with van der Waals surface area (Å²) in [6, 6.07) is 18.9. The van der Waals surface area contributed by atoms with E-state index in [-0.39, 0.29) is 30.1 Å². The number of amides is 1. The van der Waals surface area contributed by atoms with Gasteiger partial charge in [0.15, 0.2) is 5.12 Å². The second-order valence-electron chi connectivity index (χ2n) is 6.69. The topological polar surface area (TPSA) is 72.5 Å². The van der Waals surface area contributed by atoms with Crippen molar-refractivity contribution in [2.45, 2.75) is 32.7 Å². The van der Waals surface area contributed by atoms with Crippen molar-refractivity contribution in [1.82, 2.24) is 5.32 Å². The Morgan fingerprint density at radius 3 is 2.00 bits per heavy atom. The Hall–Kier alpha value is -2.60. The molecule has 6 heteroatoms. The number of benzene rings is 2. The molecule has 0 aliphatic heterocycles. The first-order valence-corrected chi connectivity index (χ1v) is 10.7. The molecule has 154 valence electrons. The highest BCUT2D eigenvalue weighted by molar-refractivity contribution is 8.13. The number of rotatable bonds is 10. The normalized spacial score (nSPS) is 12.6.